The number of nitro groups is 1. The monoisotopic (exact) mass is 196 g/mol. The first kappa shape index (κ1) is 8.07. The first-order valence-electron chi connectivity index (χ1n) is 3.60. The third kappa shape index (κ3) is 1.15. The van der Waals surface area contributed by atoms with Crippen LogP contribution < -0.4 is 0 Å². The lowest BCUT2D eigenvalue weighted by molar-refractivity contribution is -0.383. The molecule has 4 nitrogen and oxygen atoms in total. The van der Waals surface area contributed by atoms with Crippen molar-refractivity contribution in [3.05, 3.63) is 45.7 Å². The Morgan fingerprint density at radius 3 is 2.85 bits per heavy atom. The predicted octanol–water partition coefficient (Wildman–Crippen LogP) is 2.50. The van der Waals surface area contributed by atoms with Crippen LogP contribution in [0.1, 0.15) is 0 Å². The highest BCUT2D eigenvalue weighted by Gasteiger charge is 2.14. The van der Waals surface area contributed by atoms with Crippen molar-refractivity contribution in [2.24, 2.45) is 0 Å². The number of pyridine rings is 1. The first-order valence-corrected chi connectivity index (χ1v) is 3.97. The van der Waals surface area contributed by atoms with Crippen LogP contribution >= 0.6 is 11.6 Å². The predicted molar refractivity (Wildman–Crippen MR) is 49.1 cm³/mol. The van der Waals surface area contributed by atoms with E-state index in [2.05, 4.69) is 0 Å². The summed E-state index contributed by atoms with van der Waals surface area (Å²) in [4.78, 5) is 10.2. The quantitative estimate of drug-likeness (QED) is 0.520. The topological polar surface area (TPSA) is 47.5 Å². The van der Waals surface area contributed by atoms with Gasteiger partial charge >= 0.3 is 0 Å². The first-order chi connectivity index (χ1) is 6.20. The molecule has 0 aromatic carbocycles. The van der Waals surface area contributed by atoms with Crippen molar-refractivity contribution in [3.8, 4) is 0 Å². The molecular weight excluding hydrogens is 192 g/mol. The van der Waals surface area contributed by atoms with Gasteiger partial charge in [-0.1, -0.05) is 11.6 Å². The average molecular weight is 197 g/mol. The lowest BCUT2D eigenvalue weighted by Crippen LogP contribution is -1.91. The summed E-state index contributed by atoms with van der Waals surface area (Å²) in [7, 11) is 0. The summed E-state index contributed by atoms with van der Waals surface area (Å²) in [5.41, 5.74) is 0.465. The van der Waals surface area contributed by atoms with Crippen LogP contribution in [-0.2, 0) is 0 Å². The second kappa shape index (κ2) is 2.74. The molecule has 0 radical (unpaired) electrons. The van der Waals surface area contributed by atoms with E-state index in [0.29, 0.717) is 10.5 Å². The van der Waals surface area contributed by atoms with Crippen molar-refractivity contribution < 1.29 is 4.92 Å². The standard InChI is InChI=1S/C8H5ClN2O2/c9-6-3-5-10-4-1-2-7(8(6)10)11(12)13/h1-5H. The third-order valence-electron chi connectivity index (χ3n) is 1.81. The molecule has 0 aliphatic heterocycles. The molecule has 0 atom stereocenters. The zero-order chi connectivity index (χ0) is 9.42. The van der Waals surface area contributed by atoms with E-state index in [0.717, 1.165) is 0 Å². The van der Waals surface area contributed by atoms with Crippen LogP contribution in [0.2, 0.25) is 5.02 Å². The van der Waals surface area contributed by atoms with Gasteiger partial charge in [-0.3, -0.25) is 10.1 Å². The molecular formula is C8H5ClN2O2. The third-order valence-corrected chi connectivity index (χ3v) is 2.11. The molecule has 5 heteroatoms. The highest BCUT2D eigenvalue weighted by atomic mass is 35.5. The Bertz CT molecular complexity index is 478. The van der Waals surface area contributed by atoms with Crippen molar-refractivity contribution in [2.45, 2.75) is 0 Å². The van der Waals surface area contributed by atoms with Crippen LogP contribution in [0, 0.1) is 10.1 Å². The maximum Gasteiger partial charge on any atom is 0.294 e. The van der Waals surface area contributed by atoms with Crippen LogP contribution in [-0.4, -0.2) is 9.32 Å². The maximum absolute atomic E-state index is 10.6. The summed E-state index contributed by atoms with van der Waals surface area (Å²) in [5.74, 6) is 0. The van der Waals surface area contributed by atoms with Gasteiger partial charge < -0.3 is 4.40 Å². The average Bonchev–Trinajstić information content (AvgIpc) is 2.48. The number of nitrogens with zero attached hydrogens (tertiary/aromatic N) is 2. The number of rotatable bonds is 1. The normalized spacial score (nSPS) is 10.5. The number of hydrogen-bond acceptors (Lipinski definition) is 2. The van der Waals surface area contributed by atoms with Crippen molar-refractivity contribution in [2.75, 3.05) is 0 Å². The van der Waals surface area contributed by atoms with Gasteiger partial charge in [0.15, 0.2) is 0 Å². The highest BCUT2D eigenvalue weighted by Crippen LogP contribution is 2.27. The van der Waals surface area contributed by atoms with Crippen LogP contribution in [0.15, 0.2) is 30.6 Å². The van der Waals surface area contributed by atoms with Crippen molar-refractivity contribution in [1.82, 2.24) is 4.40 Å². The summed E-state index contributed by atoms with van der Waals surface area (Å²) < 4.78 is 1.63. The Labute approximate surface area is 78.5 Å². The number of halogens is 1. The van der Waals surface area contributed by atoms with Gasteiger partial charge in [-0.25, -0.2) is 0 Å². The number of aromatic nitrogens is 1. The van der Waals surface area contributed by atoms with Gasteiger partial charge in [0.25, 0.3) is 5.69 Å². The number of hydrogen-bond donors (Lipinski definition) is 0. The fourth-order valence-corrected chi connectivity index (χ4v) is 1.51. The zero-order valence-corrected chi connectivity index (χ0v) is 7.23. The molecule has 2 aromatic rings. The van der Waals surface area contributed by atoms with E-state index in [-0.39, 0.29) is 5.69 Å². The van der Waals surface area contributed by atoms with Gasteiger partial charge in [0.05, 0.1) is 9.95 Å². The van der Waals surface area contributed by atoms with Gasteiger partial charge in [0.2, 0.25) is 0 Å². The second-order valence-electron chi connectivity index (χ2n) is 2.57. The summed E-state index contributed by atoms with van der Waals surface area (Å²) in [6.07, 6.45) is 3.40. The van der Waals surface area contributed by atoms with E-state index in [4.69, 9.17) is 11.6 Å². The Hall–Kier alpha value is -1.55. The van der Waals surface area contributed by atoms with Gasteiger partial charge in [0, 0.05) is 18.5 Å². The minimum absolute atomic E-state index is 0.0255. The fourth-order valence-electron chi connectivity index (χ4n) is 1.25. The van der Waals surface area contributed by atoms with E-state index >= 15 is 0 Å². The lowest BCUT2D eigenvalue weighted by Gasteiger charge is -1.95. The molecule has 0 bridgehead atoms. The maximum atomic E-state index is 10.6. The van der Waals surface area contributed by atoms with Crippen LogP contribution in [0.4, 0.5) is 5.69 Å². The fraction of sp³-hybridized carbons (Fsp3) is 0. The van der Waals surface area contributed by atoms with E-state index in [1.54, 1.807) is 28.9 Å². The number of fused-ring (bicyclic) bond motifs is 1. The van der Waals surface area contributed by atoms with Crippen LogP contribution in [0.25, 0.3) is 5.52 Å². The van der Waals surface area contributed by atoms with E-state index in [9.17, 15) is 10.1 Å². The Morgan fingerprint density at radius 1 is 1.38 bits per heavy atom. The van der Waals surface area contributed by atoms with E-state index < -0.39 is 4.92 Å². The van der Waals surface area contributed by atoms with Crippen molar-refractivity contribution in [1.29, 1.82) is 0 Å². The summed E-state index contributed by atoms with van der Waals surface area (Å²) >= 11 is 5.80. The molecule has 0 aliphatic carbocycles. The molecule has 0 saturated carbocycles. The second-order valence-corrected chi connectivity index (χ2v) is 2.98. The summed E-state index contributed by atoms with van der Waals surface area (Å²) in [6.45, 7) is 0. The van der Waals surface area contributed by atoms with Crippen molar-refractivity contribution >= 4 is 22.8 Å². The molecule has 2 rings (SSSR count). The van der Waals surface area contributed by atoms with E-state index in [1.165, 1.54) is 6.07 Å². The van der Waals surface area contributed by atoms with Gasteiger partial charge in [-0.15, -0.1) is 0 Å². The molecule has 0 N–H and O–H groups in total. The smallest absolute Gasteiger partial charge is 0.294 e. The van der Waals surface area contributed by atoms with Crippen LogP contribution in [0.3, 0.4) is 0 Å². The molecule has 66 valence electrons. The van der Waals surface area contributed by atoms with Crippen molar-refractivity contribution in [3.63, 3.8) is 0 Å². The van der Waals surface area contributed by atoms with Crippen LogP contribution in [0.5, 0.6) is 0 Å². The lowest BCUT2D eigenvalue weighted by atomic mass is 10.3. The molecule has 0 amide bonds. The summed E-state index contributed by atoms with van der Waals surface area (Å²) in [6, 6.07) is 4.67. The molecule has 0 saturated heterocycles. The van der Waals surface area contributed by atoms with E-state index in [1.807, 2.05) is 0 Å². The van der Waals surface area contributed by atoms with Gasteiger partial charge in [-0.05, 0) is 12.1 Å². The Morgan fingerprint density at radius 2 is 2.15 bits per heavy atom. The Balaban J connectivity index is 2.88. The SMILES string of the molecule is O=[N+]([O-])c1cccn2ccc(Cl)c12. The molecule has 2 heterocycles. The highest BCUT2D eigenvalue weighted by molar-refractivity contribution is 6.34. The molecule has 0 fully saturated rings. The Kier molecular flexibility index (Phi) is 1.70. The van der Waals surface area contributed by atoms with Gasteiger partial charge in [-0.2, -0.15) is 0 Å². The minimum atomic E-state index is -0.443. The summed E-state index contributed by atoms with van der Waals surface area (Å²) in [5, 5.41) is 11.0. The minimum Gasteiger partial charge on any atom is -0.317 e. The molecule has 0 aliphatic rings. The molecule has 13 heavy (non-hydrogen) atoms. The van der Waals surface area contributed by atoms with Gasteiger partial charge in [0.1, 0.15) is 5.52 Å². The molecule has 0 unspecified atom stereocenters. The molecule has 0 spiro atoms. The zero-order valence-electron chi connectivity index (χ0n) is 6.48. The molecule has 2 aromatic heterocycles. The largest absolute Gasteiger partial charge is 0.317 e.